The molecule has 0 aliphatic heterocycles. The van der Waals surface area contributed by atoms with Gasteiger partial charge in [-0.05, 0) is 39.8 Å². The average Bonchev–Trinajstić information content (AvgIpc) is 2.47. The molecule has 1 rings (SSSR count). The van der Waals surface area contributed by atoms with Crippen molar-refractivity contribution in [3.8, 4) is 0 Å². The van der Waals surface area contributed by atoms with E-state index in [1.165, 1.54) is 6.07 Å². The Kier molecular flexibility index (Phi) is 8.24. The monoisotopic (exact) mass is 443 g/mol. The SMILES string of the molecule is CCOC(=O)C[C@H](N[S@@+]([O-])C(C)(C)C)c1cc(Br)cc(C(F)F)c1F. The van der Waals surface area contributed by atoms with Crippen LogP contribution in [-0.2, 0) is 20.9 Å². The van der Waals surface area contributed by atoms with E-state index in [0.29, 0.717) is 0 Å². The van der Waals surface area contributed by atoms with Gasteiger partial charge in [0.15, 0.2) is 0 Å². The van der Waals surface area contributed by atoms with E-state index in [9.17, 15) is 22.5 Å². The molecule has 0 aromatic heterocycles. The molecule has 1 aromatic rings. The minimum Gasteiger partial charge on any atom is -0.598 e. The molecule has 142 valence electrons. The van der Waals surface area contributed by atoms with E-state index in [2.05, 4.69) is 20.7 Å². The zero-order valence-electron chi connectivity index (χ0n) is 14.4. The lowest BCUT2D eigenvalue weighted by molar-refractivity contribution is -0.143. The van der Waals surface area contributed by atoms with Crippen LogP contribution in [0, 0.1) is 5.82 Å². The maximum atomic E-state index is 14.5. The lowest BCUT2D eigenvalue weighted by Gasteiger charge is -2.28. The maximum Gasteiger partial charge on any atom is 0.307 e. The quantitative estimate of drug-likeness (QED) is 0.495. The molecule has 0 saturated carbocycles. The fourth-order valence-corrected chi connectivity index (χ4v) is 3.27. The number of alkyl halides is 2. The number of nitrogens with one attached hydrogen (secondary N) is 1. The molecule has 9 heteroatoms. The zero-order chi connectivity index (χ0) is 19.4. The largest absolute Gasteiger partial charge is 0.598 e. The fraction of sp³-hybridized carbons (Fsp3) is 0.562. The van der Waals surface area contributed by atoms with E-state index in [4.69, 9.17) is 4.74 Å². The summed E-state index contributed by atoms with van der Waals surface area (Å²) in [4.78, 5) is 11.8. The summed E-state index contributed by atoms with van der Waals surface area (Å²) >= 11 is 1.42. The van der Waals surface area contributed by atoms with E-state index >= 15 is 0 Å². The van der Waals surface area contributed by atoms with Crippen molar-refractivity contribution in [2.75, 3.05) is 6.61 Å². The van der Waals surface area contributed by atoms with Crippen molar-refractivity contribution < 1.29 is 27.3 Å². The van der Waals surface area contributed by atoms with E-state index in [1.54, 1.807) is 27.7 Å². The second-order valence-electron chi connectivity index (χ2n) is 6.26. The topological polar surface area (TPSA) is 61.4 Å². The summed E-state index contributed by atoms with van der Waals surface area (Å²) in [5.41, 5.74) is -0.961. The number of halogens is 4. The van der Waals surface area contributed by atoms with Gasteiger partial charge in [0.25, 0.3) is 6.43 Å². The van der Waals surface area contributed by atoms with E-state index < -0.39 is 45.9 Å². The van der Waals surface area contributed by atoms with Crippen LogP contribution in [0.2, 0.25) is 0 Å². The van der Waals surface area contributed by atoms with Crippen LogP contribution in [0.1, 0.15) is 57.7 Å². The molecular formula is C16H21BrF3NO3S. The Morgan fingerprint density at radius 3 is 2.40 bits per heavy atom. The van der Waals surface area contributed by atoms with Crippen molar-refractivity contribution in [1.82, 2.24) is 4.72 Å². The van der Waals surface area contributed by atoms with Gasteiger partial charge in [0.05, 0.1) is 24.6 Å². The van der Waals surface area contributed by atoms with Crippen LogP contribution in [0.4, 0.5) is 13.2 Å². The number of carbonyl (C=O) groups is 1. The first-order valence-corrected chi connectivity index (χ1v) is 9.52. The summed E-state index contributed by atoms with van der Waals surface area (Å²) in [7, 11) is 0. The molecule has 0 aliphatic carbocycles. The predicted molar refractivity (Wildman–Crippen MR) is 94.1 cm³/mol. The number of esters is 1. The molecule has 1 aromatic carbocycles. The van der Waals surface area contributed by atoms with Crippen LogP contribution in [0.5, 0.6) is 0 Å². The molecule has 0 heterocycles. The highest BCUT2D eigenvalue weighted by molar-refractivity contribution is 9.10. The first-order chi connectivity index (χ1) is 11.5. The molecule has 4 nitrogen and oxygen atoms in total. The molecule has 0 unspecified atom stereocenters. The highest BCUT2D eigenvalue weighted by Crippen LogP contribution is 2.33. The van der Waals surface area contributed by atoms with Gasteiger partial charge in [0.1, 0.15) is 10.6 Å². The van der Waals surface area contributed by atoms with Crippen LogP contribution >= 0.6 is 15.9 Å². The van der Waals surface area contributed by atoms with E-state index in [-0.39, 0.29) is 23.1 Å². The Labute approximate surface area is 156 Å². The van der Waals surface area contributed by atoms with Crippen molar-refractivity contribution in [2.24, 2.45) is 0 Å². The number of hydrogen-bond donors (Lipinski definition) is 1. The van der Waals surface area contributed by atoms with Crippen molar-refractivity contribution in [3.05, 3.63) is 33.5 Å². The van der Waals surface area contributed by atoms with Gasteiger partial charge >= 0.3 is 5.97 Å². The highest BCUT2D eigenvalue weighted by atomic mass is 79.9. The number of rotatable bonds is 7. The smallest absolute Gasteiger partial charge is 0.307 e. The summed E-state index contributed by atoms with van der Waals surface area (Å²) in [6.07, 6.45) is -3.36. The van der Waals surface area contributed by atoms with E-state index in [0.717, 1.165) is 6.07 Å². The van der Waals surface area contributed by atoms with Gasteiger partial charge in [-0.15, -0.1) is 4.72 Å². The molecule has 0 aliphatic rings. The maximum absolute atomic E-state index is 14.5. The number of ether oxygens (including phenoxy) is 1. The minimum atomic E-state index is -3.02. The third-order valence-corrected chi connectivity index (χ3v) is 5.25. The third kappa shape index (κ3) is 6.47. The summed E-state index contributed by atoms with van der Waals surface area (Å²) < 4.78 is 60.1. The molecule has 2 atom stereocenters. The van der Waals surface area contributed by atoms with E-state index in [1.807, 2.05) is 0 Å². The summed E-state index contributed by atoms with van der Waals surface area (Å²) in [5.74, 6) is -1.78. The predicted octanol–water partition coefficient (Wildman–Crippen LogP) is 4.57. The minimum absolute atomic E-state index is 0.122. The van der Waals surface area contributed by atoms with Crippen molar-refractivity contribution >= 4 is 33.3 Å². The van der Waals surface area contributed by atoms with Crippen LogP contribution in [0.3, 0.4) is 0 Å². The molecule has 0 amide bonds. The van der Waals surface area contributed by atoms with Crippen LogP contribution < -0.4 is 4.72 Å². The van der Waals surface area contributed by atoms with Crippen LogP contribution in [0.25, 0.3) is 0 Å². The molecule has 0 saturated heterocycles. The van der Waals surface area contributed by atoms with Crippen LogP contribution in [0.15, 0.2) is 16.6 Å². The second-order valence-corrected chi connectivity index (χ2v) is 9.17. The Morgan fingerprint density at radius 2 is 1.92 bits per heavy atom. The van der Waals surface area contributed by atoms with Crippen molar-refractivity contribution in [3.63, 3.8) is 0 Å². The fourth-order valence-electron chi connectivity index (χ4n) is 1.95. The third-order valence-electron chi connectivity index (χ3n) is 3.19. The molecule has 0 spiro atoms. The molecule has 0 radical (unpaired) electrons. The first-order valence-electron chi connectivity index (χ1n) is 7.58. The Morgan fingerprint density at radius 1 is 1.36 bits per heavy atom. The first kappa shape index (κ1) is 22.3. The van der Waals surface area contributed by atoms with Gasteiger partial charge in [0.2, 0.25) is 0 Å². The van der Waals surface area contributed by atoms with Gasteiger partial charge in [-0.1, -0.05) is 15.9 Å². The lowest BCUT2D eigenvalue weighted by atomic mass is 10.0. The Balaban J connectivity index is 3.29. The highest BCUT2D eigenvalue weighted by Gasteiger charge is 2.33. The molecule has 1 N–H and O–H groups in total. The van der Waals surface area contributed by atoms with Gasteiger partial charge in [-0.25, -0.2) is 13.2 Å². The summed E-state index contributed by atoms with van der Waals surface area (Å²) in [5, 5.41) is 0. The summed E-state index contributed by atoms with van der Waals surface area (Å²) in [6.45, 7) is 6.82. The van der Waals surface area contributed by atoms with Crippen molar-refractivity contribution in [1.29, 1.82) is 0 Å². The second kappa shape index (κ2) is 9.25. The van der Waals surface area contributed by atoms with Crippen LogP contribution in [-0.4, -0.2) is 21.9 Å². The number of carbonyl (C=O) groups excluding carboxylic acids is 1. The number of benzene rings is 1. The Bertz CT molecular complexity index is 611. The molecule has 0 fully saturated rings. The van der Waals surface area contributed by atoms with Gasteiger partial charge in [-0.2, -0.15) is 0 Å². The summed E-state index contributed by atoms with van der Waals surface area (Å²) in [6, 6.07) is 1.19. The van der Waals surface area contributed by atoms with Gasteiger partial charge in [0, 0.05) is 21.4 Å². The average molecular weight is 444 g/mol. The molecule has 0 bridgehead atoms. The zero-order valence-corrected chi connectivity index (χ0v) is 16.8. The number of hydrogen-bond acceptors (Lipinski definition) is 4. The van der Waals surface area contributed by atoms with Crippen molar-refractivity contribution in [2.45, 2.75) is 51.3 Å². The van der Waals surface area contributed by atoms with Gasteiger partial charge < -0.3 is 9.29 Å². The molecular weight excluding hydrogens is 423 g/mol. The normalized spacial score (nSPS) is 14.5. The Hall–Kier alpha value is -0.770. The standard InChI is InChI=1S/C16H21BrF3NO3S/c1-5-24-13(22)8-12(21-25(23)16(2,3)4)10-6-9(17)7-11(14(10)18)15(19)20/h6-7,12,15,21H,5,8H2,1-4H3/t12-,25-/m0/s1. The lowest BCUT2D eigenvalue weighted by Crippen LogP contribution is -2.42. The van der Waals surface area contributed by atoms with Gasteiger partial charge in [-0.3, -0.25) is 4.79 Å². The molecule has 25 heavy (non-hydrogen) atoms.